The van der Waals surface area contributed by atoms with Gasteiger partial charge in [-0.25, -0.2) is 4.98 Å². The van der Waals surface area contributed by atoms with E-state index < -0.39 is 5.97 Å². The Balaban J connectivity index is 1.70. The van der Waals surface area contributed by atoms with E-state index in [0.29, 0.717) is 18.9 Å². The molecule has 2 heterocycles. The maximum atomic E-state index is 10.7. The number of carboxylic acids is 1. The number of benzene rings is 2. The van der Waals surface area contributed by atoms with Crippen LogP contribution in [0.1, 0.15) is 32.8 Å². The highest BCUT2D eigenvalue weighted by atomic mass is 16.5. The smallest absolute Gasteiger partial charge is 0.305 e. The zero-order valence-electron chi connectivity index (χ0n) is 20.5. The van der Waals surface area contributed by atoms with E-state index >= 15 is 0 Å². The van der Waals surface area contributed by atoms with E-state index in [9.17, 15) is 4.79 Å². The van der Waals surface area contributed by atoms with E-state index in [-0.39, 0.29) is 18.4 Å². The van der Waals surface area contributed by atoms with Crippen molar-refractivity contribution in [1.29, 1.82) is 0 Å². The van der Waals surface area contributed by atoms with Crippen molar-refractivity contribution in [3.8, 4) is 22.5 Å². The summed E-state index contributed by atoms with van der Waals surface area (Å²) in [5.74, 6) is -0.0587. The predicted molar refractivity (Wildman–Crippen MR) is 140 cm³/mol. The number of nitrogens with one attached hydrogen (secondary N) is 1. The van der Waals surface area contributed by atoms with Crippen molar-refractivity contribution >= 4 is 22.8 Å². The molecule has 6 nitrogen and oxygen atoms in total. The molecule has 0 saturated carbocycles. The zero-order valence-corrected chi connectivity index (χ0v) is 20.5. The SMILES string of the molecule is CCc1ccc(-c2c(-c3ccccc3)oc3nccc(NCC(C)(C)COCCC(=O)O)c23)cc1. The molecule has 4 rings (SSSR count). The Labute approximate surface area is 206 Å². The Bertz CT molecular complexity index is 1280. The van der Waals surface area contributed by atoms with Crippen LogP contribution in [0, 0.1) is 5.41 Å². The molecule has 0 aliphatic rings. The van der Waals surface area contributed by atoms with Crippen LogP contribution < -0.4 is 5.32 Å². The van der Waals surface area contributed by atoms with E-state index in [2.05, 4.69) is 55.3 Å². The molecule has 0 aliphatic heterocycles. The molecule has 0 radical (unpaired) electrons. The molecular formula is C29H32N2O4. The monoisotopic (exact) mass is 472 g/mol. The van der Waals surface area contributed by atoms with Crippen LogP contribution in [0.3, 0.4) is 0 Å². The quantitative estimate of drug-likeness (QED) is 0.238. The van der Waals surface area contributed by atoms with Crippen LogP contribution in [-0.4, -0.2) is 35.8 Å². The molecule has 0 amide bonds. The lowest BCUT2D eigenvalue weighted by Gasteiger charge is -2.25. The molecular weight excluding hydrogens is 440 g/mol. The van der Waals surface area contributed by atoms with E-state index in [1.807, 2.05) is 36.4 Å². The largest absolute Gasteiger partial charge is 0.481 e. The third kappa shape index (κ3) is 5.89. The lowest BCUT2D eigenvalue weighted by molar-refractivity contribution is -0.138. The van der Waals surface area contributed by atoms with Gasteiger partial charge in [-0.1, -0.05) is 75.4 Å². The van der Waals surface area contributed by atoms with Crippen molar-refractivity contribution in [1.82, 2.24) is 4.98 Å². The summed E-state index contributed by atoms with van der Waals surface area (Å²) in [5.41, 5.74) is 5.69. The van der Waals surface area contributed by atoms with Crippen molar-refractivity contribution in [3.63, 3.8) is 0 Å². The van der Waals surface area contributed by atoms with Crippen LogP contribution in [0.4, 0.5) is 5.69 Å². The maximum Gasteiger partial charge on any atom is 0.305 e. The molecule has 4 aromatic rings. The van der Waals surface area contributed by atoms with Gasteiger partial charge in [0.1, 0.15) is 5.76 Å². The van der Waals surface area contributed by atoms with Gasteiger partial charge in [-0.3, -0.25) is 4.79 Å². The van der Waals surface area contributed by atoms with Gasteiger partial charge < -0.3 is 19.6 Å². The molecule has 0 atom stereocenters. The van der Waals surface area contributed by atoms with Crippen LogP contribution in [-0.2, 0) is 16.0 Å². The van der Waals surface area contributed by atoms with E-state index in [0.717, 1.165) is 39.9 Å². The summed E-state index contributed by atoms with van der Waals surface area (Å²) in [6.07, 6.45) is 2.74. The average molecular weight is 473 g/mol. The number of fused-ring (bicyclic) bond motifs is 1. The third-order valence-electron chi connectivity index (χ3n) is 5.99. The average Bonchev–Trinajstić information content (AvgIpc) is 3.26. The van der Waals surface area contributed by atoms with Gasteiger partial charge in [-0.2, -0.15) is 0 Å². The Morgan fingerprint density at radius 3 is 2.49 bits per heavy atom. The molecule has 0 saturated heterocycles. The number of furan rings is 1. The number of carboxylic acid groups (broad SMARTS) is 1. The first-order valence-electron chi connectivity index (χ1n) is 12.0. The van der Waals surface area contributed by atoms with Gasteiger partial charge in [-0.05, 0) is 23.6 Å². The number of aromatic nitrogens is 1. The summed E-state index contributed by atoms with van der Waals surface area (Å²) in [6, 6.07) is 20.7. The van der Waals surface area contributed by atoms with Crippen LogP contribution in [0.2, 0.25) is 0 Å². The second-order valence-corrected chi connectivity index (χ2v) is 9.48. The lowest BCUT2D eigenvalue weighted by atomic mass is 9.94. The van der Waals surface area contributed by atoms with Gasteiger partial charge in [0.2, 0.25) is 5.71 Å². The first-order valence-corrected chi connectivity index (χ1v) is 12.0. The molecule has 2 aromatic carbocycles. The van der Waals surface area contributed by atoms with Crippen LogP contribution in [0.25, 0.3) is 33.6 Å². The number of pyridine rings is 1. The number of ether oxygens (including phenoxy) is 1. The van der Waals surface area contributed by atoms with Crippen LogP contribution in [0.15, 0.2) is 71.3 Å². The summed E-state index contributed by atoms with van der Waals surface area (Å²) in [5, 5.41) is 13.3. The minimum Gasteiger partial charge on any atom is -0.481 e. The molecule has 2 N–H and O–H groups in total. The van der Waals surface area contributed by atoms with Gasteiger partial charge in [-0.15, -0.1) is 0 Å². The Morgan fingerprint density at radius 1 is 1.06 bits per heavy atom. The number of anilines is 1. The normalized spacial score (nSPS) is 11.6. The molecule has 0 bridgehead atoms. The number of hydrogen-bond acceptors (Lipinski definition) is 5. The molecule has 0 fully saturated rings. The van der Waals surface area contributed by atoms with Crippen molar-refractivity contribution in [2.45, 2.75) is 33.6 Å². The number of aryl methyl sites for hydroxylation is 1. The molecule has 182 valence electrons. The molecule has 2 aromatic heterocycles. The van der Waals surface area contributed by atoms with Crippen molar-refractivity contribution < 1.29 is 19.1 Å². The number of aliphatic carboxylic acids is 1. The van der Waals surface area contributed by atoms with Crippen molar-refractivity contribution in [2.24, 2.45) is 5.41 Å². The van der Waals surface area contributed by atoms with Gasteiger partial charge in [0.25, 0.3) is 0 Å². The van der Waals surface area contributed by atoms with Gasteiger partial charge >= 0.3 is 5.97 Å². The number of hydrogen-bond donors (Lipinski definition) is 2. The van der Waals surface area contributed by atoms with Crippen LogP contribution >= 0.6 is 0 Å². The maximum absolute atomic E-state index is 10.7. The van der Waals surface area contributed by atoms with Crippen molar-refractivity contribution in [2.75, 3.05) is 25.1 Å². The lowest BCUT2D eigenvalue weighted by Crippen LogP contribution is -2.29. The number of rotatable bonds is 11. The third-order valence-corrected chi connectivity index (χ3v) is 5.99. The summed E-state index contributed by atoms with van der Waals surface area (Å²) < 4.78 is 11.9. The highest BCUT2D eigenvalue weighted by Gasteiger charge is 2.23. The Kier molecular flexibility index (Phi) is 7.51. The highest BCUT2D eigenvalue weighted by Crippen LogP contribution is 2.43. The minimum atomic E-state index is -0.853. The van der Waals surface area contributed by atoms with Crippen LogP contribution in [0.5, 0.6) is 0 Å². The van der Waals surface area contributed by atoms with Gasteiger partial charge in [0.15, 0.2) is 0 Å². The molecule has 0 unspecified atom stereocenters. The van der Waals surface area contributed by atoms with Gasteiger partial charge in [0, 0.05) is 35.0 Å². The topological polar surface area (TPSA) is 84.6 Å². The van der Waals surface area contributed by atoms with Gasteiger partial charge in [0.05, 0.1) is 25.0 Å². The summed E-state index contributed by atoms with van der Waals surface area (Å²) in [7, 11) is 0. The fourth-order valence-corrected chi connectivity index (χ4v) is 4.04. The van der Waals surface area contributed by atoms with Crippen molar-refractivity contribution in [3.05, 3.63) is 72.4 Å². The highest BCUT2D eigenvalue weighted by molar-refractivity contribution is 6.06. The summed E-state index contributed by atoms with van der Waals surface area (Å²) >= 11 is 0. The summed E-state index contributed by atoms with van der Waals surface area (Å²) in [6.45, 7) is 7.63. The fraction of sp³-hybridized carbons (Fsp3) is 0.310. The Hall–Kier alpha value is -3.64. The first-order chi connectivity index (χ1) is 16.9. The minimum absolute atomic E-state index is 0.00590. The molecule has 0 aliphatic carbocycles. The first kappa shape index (κ1) is 24.5. The Morgan fingerprint density at radius 2 is 1.80 bits per heavy atom. The number of carbonyl (C=O) groups is 1. The molecule has 0 spiro atoms. The summed E-state index contributed by atoms with van der Waals surface area (Å²) in [4.78, 5) is 15.3. The second-order valence-electron chi connectivity index (χ2n) is 9.48. The molecule has 6 heteroatoms. The van der Waals surface area contributed by atoms with E-state index in [1.165, 1.54) is 5.56 Å². The predicted octanol–water partition coefficient (Wildman–Crippen LogP) is 6.65. The number of nitrogens with zero attached hydrogens (tertiary/aromatic N) is 1. The molecule has 35 heavy (non-hydrogen) atoms. The fourth-order valence-electron chi connectivity index (χ4n) is 4.04. The van der Waals surface area contributed by atoms with E-state index in [1.54, 1.807) is 6.20 Å². The van der Waals surface area contributed by atoms with E-state index in [4.69, 9.17) is 14.3 Å². The standard InChI is InChI=1S/C29H32N2O4/c1-4-20-10-12-21(13-11-20)25-26-23(31-18-29(2,3)19-34-17-15-24(32)33)14-16-30-28(26)35-27(25)22-8-6-5-7-9-22/h5-14,16H,4,15,17-19H2,1-3H3,(H,30,31)(H,32,33). The zero-order chi connectivity index (χ0) is 24.8. The second kappa shape index (κ2) is 10.7.